The van der Waals surface area contributed by atoms with E-state index in [1.165, 1.54) is 7.11 Å². The van der Waals surface area contributed by atoms with Crippen LogP contribution in [0, 0.1) is 0 Å². The summed E-state index contributed by atoms with van der Waals surface area (Å²) in [4.78, 5) is 22.2. The number of carbonyl (C=O) groups is 2. The molecule has 0 fully saturated rings. The fourth-order valence-electron chi connectivity index (χ4n) is 1.39. The number of carbonyl (C=O) groups excluding carboxylic acids is 1. The number of halogens is 2. The molecule has 0 saturated heterocycles. The molecule has 1 unspecified atom stereocenters. The minimum absolute atomic E-state index is 0.0797. The Bertz CT molecular complexity index is 509. The largest absolute Gasteiger partial charge is 0.493 e. The number of hydrogen-bond acceptors (Lipinski definition) is 4. The van der Waals surface area contributed by atoms with E-state index < -0.39 is 12.1 Å². The first kappa shape index (κ1) is 17.6. The summed E-state index contributed by atoms with van der Waals surface area (Å²) in [6.45, 7) is 0.0337. The number of aliphatic carboxylic acids is 1. The number of methoxy groups -OCH3 is 1. The Morgan fingerprint density at radius 2 is 2.05 bits per heavy atom. The van der Waals surface area contributed by atoms with E-state index in [4.69, 9.17) is 33.0 Å². The van der Waals surface area contributed by atoms with Gasteiger partial charge < -0.3 is 19.9 Å². The molecule has 0 spiro atoms. The molecule has 8 heteroatoms. The van der Waals surface area contributed by atoms with Crippen LogP contribution in [0.25, 0.3) is 0 Å². The average molecular weight is 336 g/mol. The van der Waals surface area contributed by atoms with Crippen molar-refractivity contribution >= 4 is 35.1 Å². The van der Waals surface area contributed by atoms with Gasteiger partial charge in [-0.3, -0.25) is 4.79 Å². The number of hydrogen-bond donors (Lipinski definition) is 2. The number of rotatable bonds is 8. The molecule has 0 aliphatic carbocycles. The topological polar surface area (TPSA) is 84.9 Å². The van der Waals surface area contributed by atoms with E-state index in [1.54, 1.807) is 18.2 Å². The summed E-state index contributed by atoms with van der Waals surface area (Å²) < 4.78 is 10.0. The number of nitrogens with one attached hydrogen (secondary N) is 1. The maximum atomic E-state index is 11.5. The van der Waals surface area contributed by atoms with Crippen LogP contribution in [0.1, 0.15) is 6.42 Å². The first-order valence-corrected chi connectivity index (χ1v) is 6.79. The zero-order valence-corrected chi connectivity index (χ0v) is 12.8. The van der Waals surface area contributed by atoms with Gasteiger partial charge in [-0.2, -0.15) is 0 Å². The average Bonchev–Trinajstić information content (AvgIpc) is 2.43. The third kappa shape index (κ3) is 6.20. The number of carboxylic acids is 1. The standard InChI is InChI=1S/C13H15Cl2NO5/c1-20-11(13(18)19)7-16-12(17)4-5-21-8-2-3-9(14)10(15)6-8/h2-3,6,11H,4-5,7H2,1H3,(H,16,17)(H,18,19). The molecule has 0 aliphatic rings. The Kier molecular flexibility index (Phi) is 7.28. The van der Waals surface area contributed by atoms with Gasteiger partial charge in [0.2, 0.25) is 5.91 Å². The molecule has 2 N–H and O–H groups in total. The smallest absolute Gasteiger partial charge is 0.334 e. The molecule has 0 bridgehead atoms. The third-order valence-electron chi connectivity index (χ3n) is 2.53. The zero-order chi connectivity index (χ0) is 15.8. The summed E-state index contributed by atoms with van der Waals surface area (Å²) in [6, 6.07) is 4.78. The van der Waals surface area contributed by atoms with Crippen molar-refractivity contribution in [2.45, 2.75) is 12.5 Å². The maximum Gasteiger partial charge on any atom is 0.334 e. The highest BCUT2D eigenvalue weighted by atomic mass is 35.5. The van der Waals surface area contributed by atoms with Crippen LogP contribution in [0.2, 0.25) is 10.0 Å². The highest BCUT2D eigenvalue weighted by Crippen LogP contribution is 2.26. The molecule has 1 aromatic carbocycles. The predicted molar refractivity (Wildman–Crippen MR) is 78.0 cm³/mol. The van der Waals surface area contributed by atoms with E-state index in [0.717, 1.165) is 0 Å². The van der Waals surface area contributed by atoms with Crippen LogP contribution in [0.3, 0.4) is 0 Å². The van der Waals surface area contributed by atoms with Gasteiger partial charge >= 0.3 is 5.97 Å². The Labute approximate surface area is 131 Å². The minimum Gasteiger partial charge on any atom is -0.493 e. The SMILES string of the molecule is COC(CNC(=O)CCOc1ccc(Cl)c(Cl)c1)C(=O)O. The molecule has 0 saturated carbocycles. The van der Waals surface area contributed by atoms with Gasteiger partial charge in [-0.1, -0.05) is 23.2 Å². The van der Waals surface area contributed by atoms with Crippen LogP contribution >= 0.6 is 23.2 Å². The highest BCUT2D eigenvalue weighted by molar-refractivity contribution is 6.42. The van der Waals surface area contributed by atoms with Crippen LogP contribution < -0.4 is 10.1 Å². The summed E-state index contributed by atoms with van der Waals surface area (Å²) in [5.41, 5.74) is 0. The Hall–Kier alpha value is -1.50. The van der Waals surface area contributed by atoms with E-state index in [1.807, 2.05) is 0 Å². The lowest BCUT2D eigenvalue weighted by Crippen LogP contribution is -2.38. The summed E-state index contributed by atoms with van der Waals surface area (Å²) in [5.74, 6) is -0.972. The fraction of sp³-hybridized carbons (Fsp3) is 0.385. The van der Waals surface area contributed by atoms with Crippen molar-refractivity contribution in [2.24, 2.45) is 0 Å². The van der Waals surface area contributed by atoms with Crippen molar-refractivity contribution in [1.82, 2.24) is 5.32 Å². The second-order valence-electron chi connectivity index (χ2n) is 4.04. The van der Waals surface area contributed by atoms with Crippen LogP contribution in [-0.4, -0.2) is 43.3 Å². The second-order valence-corrected chi connectivity index (χ2v) is 4.86. The summed E-state index contributed by atoms with van der Waals surface area (Å²) >= 11 is 11.6. The molecule has 0 aliphatic heterocycles. The molecule has 1 atom stereocenters. The van der Waals surface area contributed by atoms with E-state index in [9.17, 15) is 9.59 Å². The van der Waals surface area contributed by atoms with E-state index >= 15 is 0 Å². The summed E-state index contributed by atoms with van der Waals surface area (Å²) in [5, 5.41) is 12.0. The van der Waals surface area contributed by atoms with E-state index in [0.29, 0.717) is 15.8 Å². The normalized spacial score (nSPS) is 11.8. The molecular formula is C13H15Cl2NO5. The van der Waals surface area contributed by atoms with Gasteiger partial charge in [0.05, 0.1) is 29.6 Å². The molecule has 0 aromatic heterocycles. The Balaban J connectivity index is 2.30. The van der Waals surface area contributed by atoms with Crippen LogP contribution in [-0.2, 0) is 14.3 Å². The van der Waals surface area contributed by atoms with Gasteiger partial charge in [0, 0.05) is 13.2 Å². The van der Waals surface area contributed by atoms with Gasteiger partial charge in [-0.25, -0.2) is 4.79 Å². The monoisotopic (exact) mass is 335 g/mol. The van der Waals surface area contributed by atoms with E-state index in [-0.39, 0.29) is 25.5 Å². The number of amides is 1. The van der Waals surface area contributed by atoms with Crippen LogP contribution in [0.5, 0.6) is 5.75 Å². The van der Waals surface area contributed by atoms with Crippen molar-refractivity contribution < 1.29 is 24.2 Å². The van der Waals surface area contributed by atoms with Gasteiger partial charge in [0.25, 0.3) is 0 Å². The number of benzene rings is 1. The predicted octanol–water partition coefficient (Wildman–Crippen LogP) is 1.98. The van der Waals surface area contributed by atoms with Crippen LogP contribution in [0.15, 0.2) is 18.2 Å². The Morgan fingerprint density at radius 1 is 1.33 bits per heavy atom. The van der Waals surface area contributed by atoms with Crippen LogP contribution in [0.4, 0.5) is 0 Å². The van der Waals surface area contributed by atoms with Crippen molar-refractivity contribution in [3.05, 3.63) is 28.2 Å². The molecule has 1 amide bonds. The maximum absolute atomic E-state index is 11.5. The van der Waals surface area contributed by atoms with Gasteiger partial charge in [0.15, 0.2) is 6.10 Å². The molecule has 0 radical (unpaired) electrons. The van der Waals surface area contributed by atoms with Gasteiger partial charge in [0.1, 0.15) is 5.75 Å². The van der Waals surface area contributed by atoms with E-state index in [2.05, 4.69) is 10.1 Å². The quantitative estimate of drug-likeness (QED) is 0.758. The first-order valence-electron chi connectivity index (χ1n) is 6.04. The number of carboxylic acid groups (broad SMARTS) is 1. The van der Waals surface area contributed by atoms with Crippen molar-refractivity contribution in [3.63, 3.8) is 0 Å². The lowest BCUT2D eigenvalue weighted by molar-refractivity contribution is -0.148. The molecule has 116 valence electrons. The third-order valence-corrected chi connectivity index (χ3v) is 3.27. The molecule has 1 aromatic rings. The van der Waals surface area contributed by atoms with Crippen molar-refractivity contribution in [1.29, 1.82) is 0 Å². The number of ether oxygens (including phenoxy) is 2. The molecule has 6 nitrogen and oxygen atoms in total. The zero-order valence-electron chi connectivity index (χ0n) is 11.3. The Morgan fingerprint density at radius 3 is 2.62 bits per heavy atom. The molecule has 1 rings (SSSR count). The van der Waals surface area contributed by atoms with Gasteiger partial charge in [-0.05, 0) is 12.1 Å². The van der Waals surface area contributed by atoms with Crippen molar-refractivity contribution in [3.8, 4) is 5.75 Å². The van der Waals surface area contributed by atoms with Crippen molar-refractivity contribution in [2.75, 3.05) is 20.3 Å². The summed E-state index contributed by atoms with van der Waals surface area (Å²) in [7, 11) is 1.26. The highest BCUT2D eigenvalue weighted by Gasteiger charge is 2.16. The second kappa shape index (κ2) is 8.71. The fourth-order valence-corrected chi connectivity index (χ4v) is 1.68. The summed E-state index contributed by atoms with van der Waals surface area (Å²) in [6.07, 6.45) is -0.985. The lowest BCUT2D eigenvalue weighted by Gasteiger charge is -2.12. The first-order chi connectivity index (χ1) is 9.93. The minimum atomic E-state index is -1.13. The molecular weight excluding hydrogens is 321 g/mol. The van der Waals surface area contributed by atoms with Gasteiger partial charge in [-0.15, -0.1) is 0 Å². The molecule has 0 heterocycles. The lowest BCUT2D eigenvalue weighted by atomic mass is 10.3. The molecule has 21 heavy (non-hydrogen) atoms.